The highest BCUT2D eigenvalue weighted by Gasteiger charge is 2.23. The maximum Gasteiger partial charge on any atom is 0.326 e. The molecule has 1 amide bonds. The molecule has 0 spiro atoms. The number of hydrogen-bond acceptors (Lipinski definition) is 3. The fourth-order valence-electron chi connectivity index (χ4n) is 2.22. The zero-order chi connectivity index (χ0) is 13.1. The minimum atomic E-state index is -0.964. The van der Waals surface area contributed by atoms with Crippen molar-refractivity contribution in [3.8, 4) is 0 Å². The van der Waals surface area contributed by atoms with Gasteiger partial charge in [0.1, 0.15) is 6.04 Å². The largest absolute Gasteiger partial charge is 0.480 e. The molecule has 2 N–H and O–H groups in total. The van der Waals surface area contributed by atoms with Crippen molar-refractivity contribution in [2.75, 3.05) is 0 Å². The lowest BCUT2D eigenvalue weighted by Gasteiger charge is -2.12. The van der Waals surface area contributed by atoms with Crippen LogP contribution >= 0.6 is 11.3 Å². The Morgan fingerprint density at radius 2 is 2.28 bits per heavy atom. The Morgan fingerprint density at radius 1 is 1.50 bits per heavy atom. The zero-order valence-electron chi connectivity index (χ0n) is 10.4. The van der Waals surface area contributed by atoms with Gasteiger partial charge in [-0.1, -0.05) is 13.3 Å². The van der Waals surface area contributed by atoms with Gasteiger partial charge in [0.25, 0.3) is 5.91 Å². The third-order valence-corrected chi connectivity index (χ3v) is 4.39. The maximum absolute atomic E-state index is 12.0. The van der Waals surface area contributed by atoms with Gasteiger partial charge >= 0.3 is 5.97 Å². The predicted molar refractivity (Wildman–Crippen MR) is 70.1 cm³/mol. The molecule has 1 aliphatic rings. The summed E-state index contributed by atoms with van der Waals surface area (Å²) in [5.41, 5.74) is 1.26. The molecule has 98 valence electrons. The van der Waals surface area contributed by atoms with Crippen molar-refractivity contribution in [3.63, 3.8) is 0 Å². The first kappa shape index (κ1) is 13.1. The molecule has 4 nitrogen and oxygen atoms in total. The molecule has 1 unspecified atom stereocenters. The van der Waals surface area contributed by atoms with Crippen LogP contribution in [0.25, 0.3) is 0 Å². The minimum Gasteiger partial charge on any atom is -0.480 e. The Labute approximate surface area is 110 Å². The summed E-state index contributed by atoms with van der Waals surface area (Å²) in [6, 6.07) is 1.13. The van der Waals surface area contributed by atoms with Gasteiger partial charge in [-0.15, -0.1) is 11.3 Å². The summed E-state index contributed by atoms with van der Waals surface area (Å²) in [4.78, 5) is 24.9. The van der Waals surface area contributed by atoms with Gasteiger partial charge in [-0.2, -0.15) is 0 Å². The zero-order valence-corrected chi connectivity index (χ0v) is 11.2. The van der Waals surface area contributed by atoms with Crippen LogP contribution in [0.4, 0.5) is 0 Å². The van der Waals surface area contributed by atoms with Gasteiger partial charge in [0.15, 0.2) is 0 Å². The molecular weight excluding hydrogens is 250 g/mol. The summed E-state index contributed by atoms with van der Waals surface area (Å²) in [6.07, 6.45) is 4.45. The van der Waals surface area contributed by atoms with Gasteiger partial charge in [-0.25, -0.2) is 4.79 Å². The van der Waals surface area contributed by atoms with Crippen molar-refractivity contribution in [2.45, 2.75) is 45.1 Å². The first-order valence-electron chi connectivity index (χ1n) is 6.27. The van der Waals surface area contributed by atoms with Crippen molar-refractivity contribution >= 4 is 23.2 Å². The summed E-state index contributed by atoms with van der Waals surface area (Å²) in [7, 11) is 0. The number of thiophene rings is 1. The van der Waals surface area contributed by atoms with Gasteiger partial charge in [-0.3, -0.25) is 4.79 Å². The summed E-state index contributed by atoms with van der Waals surface area (Å²) in [5, 5.41) is 11.6. The Bertz CT molecular complexity index is 445. The number of aryl methyl sites for hydroxylation is 2. The topological polar surface area (TPSA) is 66.4 Å². The number of rotatable bonds is 5. The highest BCUT2D eigenvalue weighted by molar-refractivity contribution is 7.14. The van der Waals surface area contributed by atoms with E-state index in [1.807, 2.05) is 13.0 Å². The third kappa shape index (κ3) is 2.72. The quantitative estimate of drug-likeness (QED) is 0.859. The maximum atomic E-state index is 12.0. The molecule has 0 aliphatic heterocycles. The lowest BCUT2D eigenvalue weighted by Crippen LogP contribution is -2.40. The molecule has 1 aromatic heterocycles. The van der Waals surface area contributed by atoms with E-state index in [1.165, 1.54) is 21.8 Å². The van der Waals surface area contributed by atoms with E-state index in [0.717, 1.165) is 25.7 Å². The van der Waals surface area contributed by atoms with Gasteiger partial charge in [-0.05, 0) is 37.3 Å². The average molecular weight is 267 g/mol. The van der Waals surface area contributed by atoms with E-state index in [0.29, 0.717) is 11.3 Å². The number of carbonyl (C=O) groups is 2. The van der Waals surface area contributed by atoms with Crippen LogP contribution in [0.5, 0.6) is 0 Å². The molecule has 0 saturated carbocycles. The van der Waals surface area contributed by atoms with Crippen LogP contribution < -0.4 is 5.32 Å². The molecule has 0 radical (unpaired) electrons. The fourth-order valence-corrected chi connectivity index (χ4v) is 3.37. The van der Waals surface area contributed by atoms with Gasteiger partial charge in [0.2, 0.25) is 0 Å². The molecule has 5 heteroatoms. The molecule has 1 heterocycles. The van der Waals surface area contributed by atoms with E-state index in [1.54, 1.807) is 0 Å². The van der Waals surface area contributed by atoms with Crippen LogP contribution in [0.1, 0.15) is 46.3 Å². The SMILES string of the molecule is CCCC(NC(=O)c1cc2c(s1)CCC2)C(=O)O. The van der Waals surface area contributed by atoms with E-state index in [-0.39, 0.29) is 5.91 Å². The summed E-state index contributed by atoms with van der Waals surface area (Å²) in [5.74, 6) is -1.22. The Kier molecular flexibility index (Phi) is 4.01. The van der Waals surface area contributed by atoms with Crippen LogP contribution in [0.3, 0.4) is 0 Å². The third-order valence-electron chi connectivity index (χ3n) is 3.15. The smallest absolute Gasteiger partial charge is 0.326 e. The van der Waals surface area contributed by atoms with Crippen molar-refractivity contribution < 1.29 is 14.7 Å². The second-order valence-corrected chi connectivity index (χ2v) is 5.70. The highest BCUT2D eigenvalue weighted by atomic mass is 32.1. The van der Waals surface area contributed by atoms with Crippen LogP contribution in [-0.4, -0.2) is 23.0 Å². The van der Waals surface area contributed by atoms with Gasteiger partial charge in [0, 0.05) is 4.88 Å². The number of nitrogens with one attached hydrogen (secondary N) is 1. The Morgan fingerprint density at radius 3 is 2.89 bits per heavy atom. The molecule has 0 saturated heterocycles. The number of carboxylic acid groups (broad SMARTS) is 1. The molecule has 1 atom stereocenters. The second kappa shape index (κ2) is 5.52. The van der Waals surface area contributed by atoms with Gasteiger partial charge in [0.05, 0.1) is 4.88 Å². The van der Waals surface area contributed by atoms with Crippen LogP contribution in [0.15, 0.2) is 6.07 Å². The number of fused-ring (bicyclic) bond motifs is 1. The monoisotopic (exact) mass is 267 g/mol. The number of carboxylic acids is 1. The van der Waals surface area contributed by atoms with Crippen LogP contribution in [0.2, 0.25) is 0 Å². The first-order valence-corrected chi connectivity index (χ1v) is 7.08. The molecule has 0 aromatic carbocycles. The second-order valence-electron chi connectivity index (χ2n) is 4.57. The number of carbonyl (C=O) groups excluding carboxylic acids is 1. The number of amides is 1. The number of hydrogen-bond donors (Lipinski definition) is 2. The van der Waals surface area contributed by atoms with Gasteiger partial charge < -0.3 is 10.4 Å². The van der Waals surface area contributed by atoms with E-state index in [9.17, 15) is 9.59 Å². The van der Waals surface area contributed by atoms with E-state index < -0.39 is 12.0 Å². The molecule has 0 fully saturated rings. The van der Waals surface area contributed by atoms with Crippen molar-refractivity contribution in [2.24, 2.45) is 0 Å². The molecular formula is C13H17NO3S. The van der Waals surface area contributed by atoms with Crippen molar-refractivity contribution in [1.29, 1.82) is 0 Å². The van der Waals surface area contributed by atoms with E-state index in [4.69, 9.17) is 5.11 Å². The van der Waals surface area contributed by atoms with Crippen molar-refractivity contribution in [1.82, 2.24) is 5.32 Å². The Balaban J connectivity index is 2.04. The lowest BCUT2D eigenvalue weighted by molar-refractivity contribution is -0.139. The fraction of sp³-hybridized carbons (Fsp3) is 0.538. The molecule has 2 rings (SSSR count). The summed E-state index contributed by atoms with van der Waals surface area (Å²) >= 11 is 1.50. The molecule has 1 aromatic rings. The lowest BCUT2D eigenvalue weighted by atomic mass is 10.1. The van der Waals surface area contributed by atoms with Crippen LogP contribution in [0, 0.1) is 0 Å². The highest BCUT2D eigenvalue weighted by Crippen LogP contribution is 2.30. The average Bonchev–Trinajstić information content (AvgIpc) is 2.87. The first-order chi connectivity index (χ1) is 8.61. The van der Waals surface area contributed by atoms with Crippen LogP contribution in [-0.2, 0) is 17.6 Å². The molecule has 1 aliphatic carbocycles. The molecule has 0 bridgehead atoms. The van der Waals surface area contributed by atoms with E-state index >= 15 is 0 Å². The standard InChI is InChI=1S/C13H17NO3S/c1-2-4-9(13(16)17)14-12(15)11-7-8-5-3-6-10(8)18-11/h7,9H,2-6H2,1H3,(H,14,15)(H,16,17). The summed E-state index contributed by atoms with van der Waals surface area (Å²) < 4.78 is 0. The Hall–Kier alpha value is -1.36. The molecule has 18 heavy (non-hydrogen) atoms. The normalized spacial score (nSPS) is 15.2. The predicted octanol–water partition coefficient (Wildman–Crippen LogP) is 2.22. The minimum absolute atomic E-state index is 0.254. The number of aliphatic carboxylic acids is 1. The van der Waals surface area contributed by atoms with E-state index in [2.05, 4.69) is 5.32 Å². The summed E-state index contributed by atoms with van der Waals surface area (Å²) in [6.45, 7) is 1.90. The van der Waals surface area contributed by atoms with Crippen molar-refractivity contribution in [3.05, 3.63) is 21.4 Å².